The van der Waals surface area contributed by atoms with Crippen molar-refractivity contribution in [1.29, 1.82) is 0 Å². The van der Waals surface area contributed by atoms with Crippen molar-refractivity contribution in [1.82, 2.24) is 4.90 Å². The molecule has 15 heavy (non-hydrogen) atoms. The van der Waals surface area contributed by atoms with E-state index in [2.05, 4.69) is 4.90 Å². The van der Waals surface area contributed by atoms with Crippen molar-refractivity contribution < 1.29 is 4.79 Å². The number of carbonyl (C=O) groups is 1. The number of likely N-dealkylation sites (tertiary alicyclic amines) is 1. The zero-order chi connectivity index (χ0) is 10.3. The molecule has 0 amide bonds. The van der Waals surface area contributed by atoms with Gasteiger partial charge in [0.15, 0.2) is 0 Å². The Kier molecular flexibility index (Phi) is 2.55. The molecule has 0 aromatic carbocycles. The molecule has 0 N–H and O–H groups in total. The molecule has 2 heteroatoms. The minimum absolute atomic E-state index is 0.413. The summed E-state index contributed by atoms with van der Waals surface area (Å²) in [4.78, 5) is 14.7. The predicted octanol–water partition coefficient (Wildman–Crippen LogP) is 2.23. The van der Waals surface area contributed by atoms with Gasteiger partial charge in [0, 0.05) is 17.9 Å². The summed E-state index contributed by atoms with van der Waals surface area (Å²) in [6.07, 6.45) is 8.82. The van der Waals surface area contributed by atoms with Crippen LogP contribution >= 0.6 is 0 Å². The second-order valence-electron chi connectivity index (χ2n) is 5.52. The molecule has 3 rings (SSSR count). The van der Waals surface area contributed by atoms with Crippen LogP contribution in [0.5, 0.6) is 0 Å². The van der Waals surface area contributed by atoms with Crippen LogP contribution in [0.3, 0.4) is 0 Å². The maximum atomic E-state index is 12.1. The third-order valence-corrected chi connectivity index (χ3v) is 4.72. The number of rotatable bonds is 1. The van der Waals surface area contributed by atoms with Gasteiger partial charge >= 0.3 is 0 Å². The second-order valence-corrected chi connectivity index (χ2v) is 5.52. The third-order valence-electron chi connectivity index (χ3n) is 4.72. The first kappa shape index (κ1) is 9.83. The van der Waals surface area contributed by atoms with E-state index in [9.17, 15) is 4.79 Å². The molecular weight excluding hydrogens is 186 g/mol. The van der Waals surface area contributed by atoms with Gasteiger partial charge in [0.25, 0.3) is 0 Å². The van der Waals surface area contributed by atoms with E-state index in [1.807, 2.05) is 0 Å². The molecule has 2 saturated carbocycles. The van der Waals surface area contributed by atoms with Crippen LogP contribution < -0.4 is 0 Å². The lowest BCUT2D eigenvalue weighted by Crippen LogP contribution is -2.49. The van der Waals surface area contributed by atoms with Gasteiger partial charge in [-0.15, -0.1) is 0 Å². The number of carbonyl (C=O) groups excluding carboxylic acids is 1. The fourth-order valence-electron chi connectivity index (χ4n) is 3.92. The summed E-state index contributed by atoms with van der Waals surface area (Å²) in [5, 5.41) is 0. The van der Waals surface area contributed by atoms with E-state index in [0.717, 1.165) is 0 Å². The molecule has 0 spiro atoms. The lowest BCUT2D eigenvalue weighted by molar-refractivity contribution is -0.135. The van der Waals surface area contributed by atoms with Gasteiger partial charge in [0.2, 0.25) is 0 Å². The Bertz CT molecular complexity index is 257. The van der Waals surface area contributed by atoms with Gasteiger partial charge in [-0.05, 0) is 51.6 Å². The van der Waals surface area contributed by atoms with E-state index in [-0.39, 0.29) is 0 Å². The number of fused-ring (bicyclic) bond motifs is 2. The molecular formula is C13H21NO. The third kappa shape index (κ3) is 1.63. The van der Waals surface area contributed by atoms with Crippen LogP contribution in [0.15, 0.2) is 0 Å². The largest absolute Gasteiger partial charge is 0.300 e. The zero-order valence-electron chi connectivity index (χ0n) is 9.45. The highest BCUT2D eigenvalue weighted by molar-refractivity contribution is 5.85. The fourth-order valence-corrected chi connectivity index (χ4v) is 3.92. The molecule has 0 radical (unpaired) electrons. The maximum Gasteiger partial charge on any atom is 0.140 e. The molecule has 2 bridgehead atoms. The molecule has 2 nitrogen and oxygen atoms in total. The highest BCUT2D eigenvalue weighted by atomic mass is 16.1. The molecule has 0 unspecified atom stereocenters. The quantitative estimate of drug-likeness (QED) is 0.657. The van der Waals surface area contributed by atoms with Gasteiger partial charge in [-0.1, -0.05) is 6.42 Å². The van der Waals surface area contributed by atoms with Crippen molar-refractivity contribution in [2.75, 3.05) is 13.1 Å². The predicted molar refractivity (Wildman–Crippen MR) is 59.7 cm³/mol. The SMILES string of the molecule is O=C1[C@@H]2CCC[C@H]1[C@H](N1CCCC1)CC2. The second kappa shape index (κ2) is 3.89. The molecule has 2 aliphatic carbocycles. The van der Waals surface area contributed by atoms with Gasteiger partial charge in [-0.2, -0.15) is 0 Å². The monoisotopic (exact) mass is 207 g/mol. The summed E-state index contributed by atoms with van der Waals surface area (Å²) in [6.45, 7) is 2.50. The average molecular weight is 207 g/mol. The van der Waals surface area contributed by atoms with Crippen molar-refractivity contribution in [2.45, 2.75) is 51.0 Å². The maximum absolute atomic E-state index is 12.1. The Morgan fingerprint density at radius 3 is 2.53 bits per heavy atom. The summed E-state index contributed by atoms with van der Waals surface area (Å²) in [7, 11) is 0. The van der Waals surface area contributed by atoms with Crippen molar-refractivity contribution in [2.24, 2.45) is 11.8 Å². The summed E-state index contributed by atoms with van der Waals surface area (Å²) in [5.41, 5.74) is 0. The summed E-state index contributed by atoms with van der Waals surface area (Å²) >= 11 is 0. The minimum Gasteiger partial charge on any atom is -0.300 e. The highest BCUT2D eigenvalue weighted by Crippen LogP contribution is 2.40. The number of nitrogens with zero attached hydrogens (tertiary/aromatic N) is 1. The van der Waals surface area contributed by atoms with Crippen molar-refractivity contribution >= 4 is 5.78 Å². The normalized spacial score (nSPS) is 42.1. The Morgan fingerprint density at radius 2 is 1.73 bits per heavy atom. The van der Waals surface area contributed by atoms with Crippen LogP contribution in [0.4, 0.5) is 0 Å². The number of Topliss-reactive ketones (excluding diaryl/α,β-unsaturated/α-hetero) is 1. The van der Waals surface area contributed by atoms with Crippen LogP contribution in [0.1, 0.15) is 44.9 Å². The Hall–Kier alpha value is -0.370. The number of ketones is 1. The molecule has 84 valence electrons. The Balaban J connectivity index is 1.75. The molecule has 3 fully saturated rings. The first-order chi connectivity index (χ1) is 7.36. The fraction of sp³-hybridized carbons (Fsp3) is 0.923. The van der Waals surface area contributed by atoms with Gasteiger partial charge < -0.3 is 0 Å². The van der Waals surface area contributed by atoms with Crippen molar-refractivity contribution in [3.8, 4) is 0 Å². The van der Waals surface area contributed by atoms with E-state index in [0.29, 0.717) is 23.7 Å². The van der Waals surface area contributed by atoms with Crippen LogP contribution in [0.25, 0.3) is 0 Å². The smallest absolute Gasteiger partial charge is 0.140 e. The average Bonchev–Trinajstić information content (AvgIpc) is 2.70. The van der Waals surface area contributed by atoms with Crippen LogP contribution in [-0.4, -0.2) is 29.8 Å². The Labute approximate surface area is 92.0 Å². The van der Waals surface area contributed by atoms with Crippen molar-refractivity contribution in [3.05, 3.63) is 0 Å². The van der Waals surface area contributed by atoms with Gasteiger partial charge in [0.1, 0.15) is 5.78 Å². The van der Waals surface area contributed by atoms with Gasteiger partial charge in [-0.3, -0.25) is 9.69 Å². The summed E-state index contributed by atoms with van der Waals surface area (Å²) < 4.78 is 0. The summed E-state index contributed by atoms with van der Waals surface area (Å²) in [6, 6.07) is 0.622. The lowest BCUT2D eigenvalue weighted by Gasteiger charge is -2.42. The topological polar surface area (TPSA) is 20.3 Å². The van der Waals surface area contributed by atoms with E-state index in [1.165, 1.54) is 58.0 Å². The summed E-state index contributed by atoms with van der Waals surface area (Å²) in [5.74, 6) is 1.47. The zero-order valence-corrected chi connectivity index (χ0v) is 9.45. The van der Waals surface area contributed by atoms with E-state index < -0.39 is 0 Å². The minimum atomic E-state index is 0.413. The molecule has 3 aliphatic rings. The first-order valence-corrected chi connectivity index (χ1v) is 6.64. The van der Waals surface area contributed by atoms with Gasteiger partial charge in [-0.25, -0.2) is 0 Å². The number of hydrogen-bond acceptors (Lipinski definition) is 2. The molecule has 1 saturated heterocycles. The molecule has 0 aromatic heterocycles. The van der Waals surface area contributed by atoms with E-state index >= 15 is 0 Å². The first-order valence-electron chi connectivity index (χ1n) is 6.64. The van der Waals surface area contributed by atoms with Gasteiger partial charge in [0.05, 0.1) is 0 Å². The standard InChI is InChI=1S/C13H21NO/c15-13-10-4-3-5-11(13)12(7-6-10)14-8-1-2-9-14/h10-12H,1-9H2/t10-,11+,12-/m1/s1. The lowest BCUT2D eigenvalue weighted by atomic mass is 9.68. The van der Waals surface area contributed by atoms with E-state index in [1.54, 1.807) is 0 Å². The molecule has 0 aromatic rings. The van der Waals surface area contributed by atoms with Crippen LogP contribution in [0, 0.1) is 11.8 Å². The van der Waals surface area contributed by atoms with Crippen molar-refractivity contribution in [3.63, 3.8) is 0 Å². The highest BCUT2D eigenvalue weighted by Gasteiger charge is 2.42. The van der Waals surface area contributed by atoms with Crippen LogP contribution in [0.2, 0.25) is 0 Å². The number of hydrogen-bond donors (Lipinski definition) is 0. The van der Waals surface area contributed by atoms with Crippen LogP contribution in [-0.2, 0) is 4.79 Å². The Morgan fingerprint density at radius 1 is 0.933 bits per heavy atom. The molecule has 3 atom stereocenters. The molecule has 1 aliphatic heterocycles. The van der Waals surface area contributed by atoms with E-state index in [4.69, 9.17) is 0 Å². The molecule has 1 heterocycles.